The number of aromatic nitrogens is 1. The normalized spacial score (nSPS) is 10.8. The van der Waals surface area contributed by atoms with Crippen LogP contribution in [0.4, 0.5) is 5.69 Å². The lowest BCUT2D eigenvalue weighted by Gasteiger charge is -2.13. The molecular weight excluding hydrogens is 306 g/mol. The van der Waals surface area contributed by atoms with E-state index in [-0.39, 0.29) is 11.4 Å². The molecule has 6 nitrogen and oxygen atoms in total. The molecule has 2 rings (SSSR count). The first-order chi connectivity index (χ1) is 11.5. The molecule has 0 aliphatic heterocycles. The van der Waals surface area contributed by atoms with Crippen LogP contribution in [-0.4, -0.2) is 23.0 Å². The van der Waals surface area contributed by atoms with Crippen molar-refractivity contribution in [3.05, 3.63) is 51.3 Å². The molecule has 0 spiro atoms. The molecular formula is C18H19N3O3. The Bertz CT molecular complexity index is 876. The summed E-state index contributed by atoms with van der Waals surface area (Å²) in [5.41, 5.74) is 0.883. The lowest BCUT2D eigenvalue weighted by Crippen LogP contribution is -2.25. The molecule has 2 aromatic rings. The average molecular weight is 325 g/mol. The van der Waals surface area contributed by atoms with E-state index in [1.54, 1.807) is 26.2 Å². The summed E-state index contributed by atoms with van der Waals surface area (Å²) < 4.78 is 6.44. The van der Waals surface area contributed by atoms with Crippen LogP contribution in [0.1, 0.15) is 30.0 Å². The number of nitrogens with zero attached hydrogens (tertiary/aromatic N) is 3. The second kappa shape index (κ2) is 7.47. The summed E-state index contributed by atoms with van der Waals surface area (Å²) in [6.45, 7) is 3.84. The van der Waals surface area contributed by atoms with Gasteiger partial charge in [0.05, 0.1) is 12.7 Å². The van der Waals surface area contributed by atoms with Crippen LogP contribution in [-0.2, 0) is 6.54 Å². The van der Waals surface area contributed by atoms with E-state index in [1.165, 1.54) is 10.8 Å². The van der Waals surface area contributed by atoms with Crippen LogP contribution in [0.5, 0.6) is 11.6 Å². The number of benzene rings is 1. The van der Waals surface area contributed by atoms with Crippen LogP contribution < -0.4 is 10.3 Å². The molecule has 6 heteroatoms. The van der Waals surface area contributed by atoms with Crippen LogP contribution in [0.3, 0.4) is 0 Å². The molecule has 0 fully saturated rings. The van der Waals surface area contributed by atoms with E-state index in [9.17, 15) is 15.2 Å². The molecule has 0 atom stereocenters. The van der Waals surface area contributed by atoms with E-state index in [0.717, 1.165) is 0 Å². The maximum atomic E-state index is 12.3. The number of para-hydroxylation sites is 2. The third kappa shape index (κ3) is 3.15. The highest BCUT2D eigenvalue weighted by molar-refractivity contribution is 5.87. The van der Waals surface area contributed by atoms with Gasteiger partial charge in [0.15, 0.2) is 0 Å². The number of aromatic hydroxyl groups is 1. The Labute approximate surface area is 140 Å². The highest BCUT2D eigenvalue weighted by Gasteiger charge is 2.17. The van der Waals surface area contributed by atoms with E-state index in [1.807, 2.05) is 25.1 Å². The second-order valence-electron chi connectivity index (χ2n) is 5.24. The van der Waals surface area contributed by atoms with Crippen molar-refractivity contribution in [3.63, 3.8) is 0 Å². The van der Waals surface area contributed by atoms with E-state index < -0.39 is 5.56 Å². The molecule has 1 aromatic carbocycles. The average Bonchev–Trinajstić information content (AvgIpc) is 2.59. The minimum absolute atomic E-state index is 0.0164. The summed E-state index contributed by atoms with van der Waals surface area (Å²) in [7, 11) is 1.55. The number of pyridine rings is 1. The van der Waals surface area contributed by atoms with Gasteiger partial charge in [0, 0.05) is 12.8 Å². The van der Waals surface area contributed by atoms with Gasteiger partial charge in [-0.05, 0) is 31.0 Å². The summed E-state index contributed by atoms with van der Waals surface area (Å²) in [5, 5.41) is 19.7. The van der Waals surface area contributed by atoms with Gasteiger partial charge in [-0.3, -0.25) is 14.4 Å². The summed E-state index contributed by atoms with van der Waals surface area (Å²) in [5.74, 6) is 0.408. The van der Waals surface area contributed by atoms with E-state index in [0.29, 0.717) is 35.5 Å². The molecule has 1 N–H and O–H groups in total. The third-order valence-electron chi connectivity index (χ3n) is 3.71. The number of rotatable bonds is 5. The number of hydrogen-bond donors (Lipinski definition) is 1. The molecule has 0 bridgehead atoms. The Morgan fingerprint density at radius 3 is 2.75 bits per heavy atom. The van der Waals surface area contributed by atoms with E-state index in [4.69, 9.17) is 4.74 Å². The SMILES string of the molecule is CCCn1c(O)c(C=Nc2ccccc2OC)c(C)c(C#N)c1=O. The van der Waals surface area contributed by atoms with Crippen molar-refractivity contribution in [3.8, 4) is 17.7 Å². The van der Waals surface area contributed by atoms with Crippen molar-refractivity contribution < 1.29 is 9.84 Å². The molecule has 0 aliphatic rings. The van der Waals surface area contributed by atoms with Gasteiger partial charge >= 0.3 is 0 Å². The number of aliphatic imine (C=N–C) groups is 1. The Morgan fingerprint density at radius 1 is 1.42 bits per heavy atom. The van der Waals surface area contributed by atoms with Crippen molar-refractivity contribution in [2.24, 2.45) is 4.99 Å². The number of hydrogen-bond acceptors (Lipinski definition) is 5. The first kappa shape index (κ1) is 17.3. The largest absolute Gasteiger partial charge is 0.494 e. The zero-order valence-electron chi connectivity index (χ0n) is 13.9. The number of nitriles is 1. The van der Waals surface area contributed by atoms with Crippen LogP contribution in [0.25, 0.3) is 0 Å². The smallest absolute Gasteiger partial charge is 0.271 e. The maximum absolute atomic E-state index is 12.3. The molecule has 1 heterocycles. The minimum atomic E-state index is -0.483. The van der Waals surface area contributed by atoms with Crippen molar-refractivity contribution in [1.29, 1.82) is 5.26 Å². The number of ether oxygens (including phenoxy) is 1. The highest BCUT2D eigenvalue weighted by atomic mass is 16.5. The fraction of sp³-hybridized carbons (Fsp3) is 0.278. The zero-order valence-corrected chi connectivity index (χ0v) is 13.9. The van der Waals surface area contributed by atoms with Crippen molar-refractivity contribution in [2.75, 3.05) is 7.11 Å². The van der Waals surface area contributed by atoms with E-state index >= 15 is 0 Å². The maximum Gasteiger partial charge on any atom is 0.271 e. The van der Waals surface area contributed by atoms with Crippen LogP contribution in [0.15, 0.2) is 34.1 Å². The van der Waals surface area contributed by atoms with Gasteiger partial charge in [0.1, 0.15) is 23.1 Å². The Morgan fingerprint density at radius 2 is 2.12 bits per heavy atom. The summed E-state index contributed by atoms with van der Waals surface area (Å²) in [6.07, 6.45) is 2.11. The summed E-state index contributed by atoms with van der Waals surface area (Å²) >= 11 is 0. The van der Waals surface area contributed by atoms with Gasteiger partial charge in [-0.1, -0.05) is 19.1 Å². The van der Waals surface area contributed by atoms with Crippen LogP contribution in [0.2, 0.25) is 0 Å². The Kier molecular flexibility index (Phi) is 5.38. The molecule has 1 aromatic heterocycles. The van der Waals surface area contributed by atoms with Crippen molar-refractivity contribution in [2.45, 2.75) is 26.8 Å². The second-order valence-corrected chi connectivity index (χ2v) is 5.24. The molecule has 0 unspecified atom stereocenters. The van der Waals surface area contributed by atoms with Gasteiger partial charge < -0.3 is 9.84 Å². The van der Waals surface area contributed by atoms with Gasteiger partial charge in [0.25, 0.3) is 5.56 Å². The molecule has 124 valence electrons. The quantitative estimate of drug-likeness (QED) is 0.856. The topological polar surface area (TPSA) is 87.6 Å². The number of methoxy groups -OCH3 is 1. The summed E-state index contributed by atoms with van der Waals surface area (Å²) in [4.78, 5) is 16.6. The lowest BCUT2D eigenvalue weighted by atomic mass is 10.1. The van der Waals surface area contributed by atoms with Gasteiger partial charge in [-0.2, -0.15) is 5.26 Å². The molecule has 0 radical (unpaired) electrons. The van der Waals surface area contributed by atoms with Crippen LogP contribution in [0, 0.1) is 18.3 Å². The molecule has 0 amide bonds. The predicted molar refractivity (Wildman–Crippen MR) is 92.4 cm³/mol. The minimum Gasteiger partial charge on any atom is -0.494 e. The molecule has 0 aliphatic carbocycles. The monoisotopic (exact) mass is 325 g/mol. The third-order valence-corrected chi connectivity index (χ3v) is 3.71. The first-order valence-electron chi connectivity index (χ1n) is 7.58. The zero-order chi connectivity index (χ0) is 17.7. The summed E-state index contributed by atoms with van der Waals surface area (Å²) in [6, 6.07) is 9.12. The first-order valence-corrected chi connectivity index (χ1v) is 7.58. The predicted octanol–water partition coefficient (Wildman–Crippen LogP) is 2.90. The fourth-order valence-corrected chi connectivity index (χ4v) is 2.43. The van der Waals surface area contributed by atoms with Crippen molar-refractivity contribution >= 4 is 11.9 Å². The molecule has 0 saturated carbocycles. The van der Waals surface area contributed by atoms with Crippen LogP contribution >= 0.6 is 0 Å². The van der Waals surface area contributed by atoms with Gasteiger partial charge in [0.2, 0.25) is 5.88 Å². The van der Waals surface area contributed by atoms with E-state index in [2.05, 4.69) is 4.99 Å². The van der Waals surface area contributed by atoms with Gasteiger partial charge in [-0.15, -0.1) is 0 Å². The molecule has 24 heavy (non-hydrogen) atoms. The van der Waals surface area contributed by atoms with Crippen molar-refractivity contribution in [1.82, 2.24) is 4.57 Å². The molecule has 0 saturated heterocycles. The standard InChI is InChI=1S/C18H19N3O3/c1-4-9-21-17(22)13(10-19)12(2)14(18(21)23)11-20-15-7-5-6-8-16(15)24-3/h5-8,11,23H,4,9H2,1-3H3. The Hall–Kier alpha value is -3.07. The fourth-order valence-electron chi connectivity index (χ4n) is 2.43. The lowest BCUT2D eigenvalue weighted by molar-refractivity contribution is 0.403. The highest BCUT2D eigenvalue weighted by Crippen LogP contribution is 2.27. The Balaban J connectivity index is 2.62. The van der Waals surface area contributed by atoms with Gasteiger partial charge in [-0.25, -0.2) is 0 Å².